The Morgan fingerprint density at radius 2 is 2.24 bits per heavy atom. The van der Waals surface area contributed by atoms with Crippen LogP contribution in [0.15, 0.2) is 18.5 Å². The van der Waals surface area contributed by atoms with Crippen molar-refractivity contribution in [2.75, 3.05) is 19.7 Å². The molecule has 92 valence electrons. The minimum Gasteiger partial charge on any atom is -0.370 e. The van der Waals surface area contributed by atoms with Gasteiger partial charge in [-0.25, -0.2) is 0 Å². The zero-order valence-corrected chi connectivity index (χ0v) is 10.1. The summed E-state index contributed by atoms with van der Waals surface area (Å²) in [6, 6.07) is 1.85. The molecule has 1 aromatic heterocycles. The third kappa shape index (κ3) is 3.61. The fourth-order valence-electron chi connectivity index (χ4n) is 1.95. The highest BCUT2D eigenvalue weighted by molar-refractivity contribution is 5.96. The number of hydrogen-bond acceptors (Lipinski definition) is 4. The van der Waals surface area contributed by atoms with E-state index in [1.165, 1.54) is 0 Å². The number of piperidine rings is 1. The van der Waals surface area contributed by atoms with Crippen molar-refractivity contribution in [3.63, 3.8) is 0 Å². The van der Waals surface area contributed by atoms with Crippen molar-refractivity contribution in [2.24, 2.45) is 0 Å². The molecular weight excluding hydrogens is 216 g/mol. The van der Waals surface area contributed by atoms with E-state index in [0.717, 1.165) is 31.5 Å². The maximum atomic E-state index is 11.9. The van der Waals surface area contributed by atoms with Crippen LogP contribution in [0.25, 0.3) is 0 Å². The van der Waals surface area contributed by atoms with Crippen LogP contribution in [0.5, 0.6) is 0 Å². The predicted molar refractivity (Wildman–Crippen MR) is 65.1 cm³/mol. The van der Waals surface area contributed by atoms with Crippen molar-refractivity contribution < 1.29 is 9.53 Å². The van der Waals surface area contributed by atoms with Crippen LogP contribution in [0.1, 0.15) is 28.8 Å². The summed E-state index contributed by atoms with van der Waals surface area (Å²) < 4.78 is 5.62. The first-order valence-electron chi connectivity index (χ1n) is 6.03. The standard InChI is InChI=1S/C13H18N2O2/c1-10-6-11(8-15-7-10)13(16)9-17-12-2-4-14-5-3-12/h6-8,12,14H,2-5,9H2,1H3. The molecule has 0 aromatic carbocycles. The topological polar surface area (TPSA) is 51.2 Å². The largest absolute Gasteiger partial charge is 0.370 e. The smallest absolute Gasteiger partial charge is 0.190 e. The lowest BCUT2D eigenvalue weighted by Crippen LogP contribution is -2.33. The molecule has 1 aliphatic heterocycles. The van der Waals surface area contributed by atoms with Gasteiger partial charge >= 0.3 is 0 Å². The van der Waals surface area contributed by atoms with E-state index in [1.54, 1.807) is 12.4 Å². The molecule has 0 amide bonds. The molecule has 2 rings (SSSR count). The second-order valence-electron chi connectivity index (χ2n) is 4.43. The summed E-state index contributed by atoms with van der Waals surface area (Å²) in [5, 5.41) is 3.27. The second-order valence-corrected chi connectivity index (χ2v) is 4.43. The second kappa shape index (κ2) is 5.89. The zero-order chi connectivity index (χ0) is 12.1. The Morgan fingerprint density at radius 3 is 2.94 bits per heavy atom. The average Bonchev–Trinajstić information content (AvgIpc) is 2.37. The molecular formula is C13H18N2O2. The number of rotatable bonds is 4. The molecule has 0 radical (unpaired) electrons. The van der Waals surface area contributed by atoms with Crippen molar-refractivity contribution in [1.82, 2.24) is 10.3 Å². The summed E-state index contributed by atoms with van der Waals surface area (Å²) in [5.74, 6) is 0.0136. The van der Waals surface area contributed by atoms with Crippen LogP contribution in [0.3, 0.4) is 0 Å². The molecule has 1 aliphatic rings. The predicted octanol–water partition coefficient (Wildman–Crippen LogP) is 1.34. The SMILES string of the molecule is Cc1cncc(C(=O)COC2CCNCC2)c1. The first-order chi connectivity index (χ1) is 8.25. The van der Waals surface area contributed by atoms with Gasteiger partial charge in [0.25, 0.3) is 0 Å². The van der Waals surface area contributed by atoms with Gasteiger partial charge in [0, 0.05) is 18.0 Å². The lowest BCUT2D eigenvalue weighted by molar-refractivity contribution is 0.0317. The number of Topliss-reactive ketones (excluding diaryl/α,β-unsaturated/α-hetero) is 1. The molecule has 1 N–H and O–H groups in total. The van der Waals surface area contributed by atoms with Gasteiger partial charge < -0.3 is 10.1 Å². The van der Waals surface area contributed by atoms with Crippen molar-refractivity contribution in [1.29, 1.82) is 0 Å². The third-order valence-corrected chi connectivity index (χ3v) is 2.93. The zero-order valence-electron chi connectivity index (χ0n) is 10.1. The fraction of sp³-hybridized carbons (Fsp3) is 0.538. The molecule has 17 heavy (non-hydrogen) atoms. The Balaban J connectivity index is 1.84. The molecule has 0 saturated carbocycles. The van der Waals surface area contributed by atoms with Crippen LogP contribution in [0.2, 0.25) is 0 Å². The van der Waals surface area contributed by atoms with Crippen LogP contribution < -0.4 is 5.32 Å². The summed E-state index contributed by atoms with van der Waals surface area (Å²) in [6.45, 7) is 4.04. The average molecular weight is 234 g/mol. The summed E-state index contributed by atoms with van der Waals surface area (Å²) in [4.78, 5) is 15.9. The number of ketones is 1. The number of pyridine rings is 1. The lowest BCUT2D eigenvalue weighted by Gasteiger charge is -2.22. The van der Waals surface area contributed by atoms with Crippen molar-refractivity contribution in [3.05, 3.63) is 29.6 Å². The van der Waals surface area contributed by atoms with E-state index in [9.17, 15) is 4.79 Å². The molecule has 1 aromatic rings. The van der Waals surface area contributed by atoms with Gasteiger partial charge in [-0.05, 0) is 44.5 Å². The minimum absolute atomic E-state index is 0.0136. The number of nitrogens with one attached hydrogen (secondary N) is 1. The molecule has 2 heterocycles. The quantitative estimate of drug-likeness (QED) is 0.799. The van der Waals surface area contributed by atoms with Crippen LogP contribution in [-0.2, 0) is 4.74 Å². The van der Waals surface area contributed by atoms with Gasteiger partial charge in [-0.2, -0.15) is 0 Å². The number of hydrogen-bond donors (Lipinski definition) is 1. The van der Waals surface area contributed by atoms with Crippen LogP contribution in [0, 0.1) is 6.92 Å². The van der Waals surface area contributed by atoms with Crippen LogP contribution in [-0.4, -0.2) is 36.6 Å². The van der Waals surface area contributed by atoms with Gasteiger partial charge in [0.15, 0.2) is 5.78 Å². The third-order valence-electron chi connectivity index (χ3n) is 2.93. The van der Waals surface area contributed by atoms with Gasteiger partial charge in [0.2, 0.25) is 0 Å². The Hall–Kier alpha value is -1.26. The number of carbonyl (C=O) groups is 1. The van der Waals surface area contributed by atoms with E-state index < -0.39 is 0 Å². The monoisotopic (exact) mass is 234 g/mol. The maximum Gasteiger partial charge on any atom is 0.190 e. The first kappa shape index (κ1) is 12.2. The number of ether oxygens (including phenoxy) is 1. The van der Waals surface area contributed by atoms with E-state index in [2.05, 4.69) is 10.3 Å². The van der Waals surface area contributed by atoms with Crippen LogP contribution in [0.4, 0.5) is 0 Å². The molecule has 4 heteroatoms. The molecule has 0 atom stereocenters. The van der Waals surface area contributed by atoms with E-state index in [4.69, 9.17) is 4.74 Å². The summed E-state index contributed by atoms with van der Waals surface area (Å²) in [5.41, 5.74) is 1.64. The number of nitrogens with zero attached hydrogens (tertiary/aromatic N) is 1. The number of aromatic nitrogens is 1. The minimum atomic E-state index is 0.0136. The van der Waals surface area contributed by atoms with Crippen molar-refractivity contribution in [2.45, 2.75) is 25.9 Å². The van der Waals surface area contributed by atoms with Crippen LogP contribution >= 0.6 is 0 Å². The van der Waals surface area contributed by atoms with Gasteiger partial charge in [-0.15, -0.1) is 0 Å². The molecule has 4 nitrogen and oxygen atoms in total. The molecule has 0 bridgehead atoms. The lowest BCUT2D eigenvalue weighted by atomic mass is 10.1. The molecule has 0 aliphatic carbocycles. The van der Waals surface area contributed by atoms with Crippen molar-refractivity contribution in [3.8, 4) is 0 Å². The molecule has 0 unspecified atom stereocenters. The highest BCUT2D eigenvalue weighted by atomic mass is 16.5. The fourth-order valence-corrected chi connectivity index (χ4v) is 1.95. The van der Waals surface area contributed by atoms with E-state index in [1.807, 2.05) is 13.0 Å². The van der Waals surface area contributed by atoms with E-state index in [-0.39, 0.29) is 18.5 Å². The Morgan fingerprint density at radius 1 is 1.47 bits per heavy atom. The van der Waals surface area contributed by atoms with Gasteiger partial charge in [0.05, 0.1) is 6.10 Å². The summed E-state index contributed by atoms with van der Waals surface area (Å²) in [6.07, 6.45) is 5.53. The molecule has 1 saturated heterocycles. The highest BCUT2D eigenvalue weighted by Gasteiger charge is 2.15. The maximum absolute atomic E-state index is 11.9. The Kier molecular flexibility index (Phi) is 4.23. The summed E-state index contributed by atoms with van der Waals surface area (Å²) >= 11 is 0. The van der Waals surface area contributed by atoms with Crippen molar-refractivity contribution >= 4 is 5.78 Å². The Bertz CT molecular complexity index is 387. The molecule has 0 spiro atoms. The number of carbonyl (C=O) groups excluding carboxylic acids is 1. The van der Waals surface area contributed by atoms with Gasteiger partial charge in [-0.1, -0.05) is 0 Å². The normalized spacial score (nSPS) is 17.0. The number of aryl methyl sites for hydroxylation is 1. The van der Waals surface area contributed by atoms with E-state index >= 15 is 0 Å². The molecule has 1 fully saturated rings. The Labute approximate surface area is 101 Å². The van der Waals surface area contributed by atoms with E-state index in [0.29, 0.717) is 5.56 Å². The first-order valence-corrected chi connectivity index (χ1v) is 6.03. The summed E-state index contributed by atoms with van der Waals surface area (Å²) in [7, 11) is 0. The highest BCUT2D eigenvalue weighted by Crippen LogP contribution is 2.09. The van der Waals surface area contributed by atoms with Gasteiger partial charge in [0.1, 0.15) is 6.61 Å². The van der Waals surface area contributed by atoms with Gasteiger partial charge in [-0.3, -0.25) is 9.78 Å².